The second kappa shape index (κ2) is 8.44. The van der Waals surface area contributed by atoms with Crippen LogP contribution >= 0.6 is 0 Å². The average Bonchev–Trinajstić information content (AvgIpc) is 2.39. The SMILES string of the molecule is CC(C)(C)OC(=O)N1CCNCC1.CN1CCOCC1. The highest BCUT2D eigenvalue weighted by Crippen LogP contribution is 2.09. The third-order valence-electron chi connectivity index (χ3n) is 3.00. The van der Waals surface area contributed by atoms with Gasteiger partial charge in [-0.1, -0.05) is 0 Å². The molecule has 20 heavy (non-hydrogen) atoms. The maximum Gasteiger partial charge on any atom is 0.410 e. The first-order valence-corrected chi connectivity index (χ1v) is 7.33. The summed E-state index contributed by atoms with van der Waals surface area (Å²) in [6, 6.07) is 0. The van der Waals surface area contributed by atoms with Crippen LogP contribution in [0.2, 0.25) is 0 Å². The van der Waals surface area contributed by atoms with E-state index >= 15 is 0 Å². The Morgan fingerprint density at radius 1 is 1.10 bits per heavy atom. The molecule has 6 nitrogen and oxygen atoms in total. The molecule has 2 fully saturated rings. The van der Waals surface area contributed by atoms with E-state index < -0.39 is 0 Å². The van der Waals surface area contributed by atoms with Crippen LogP contribution in [-0.2, 0) is 9.47 Å². The minimum atomic E-state index is -0.387. The maximum absolute atomic E-state index is 11.5. The molecule has 1 amide bonds. The van der Waals surface area contributed by atoms with Crippen molar-refractivity contribution in [2.45, 2.75) is 26.4 Å². The molecule has 2 saturated heterocycles. The molecule has 0 aromatic rings. The number of ether oxygens (including phenoxy) is 2. The third-order valence-corrected chi connectivity index (χ3v) is 3.00. The van der Waals surface area contributed by atoms with Gasteiger partial charge in [0.25, 0.3) is 0 Å². The largest absolute Gasteiger partial charge is 0.444 e. The molecule has 0 unspecified atom stereocenters. The second-order valence-corrected chi connectivity index (χ2v) is 6.13. The first-order valence-electron chi connectivity index (χ1n) is 7.33. The lowest BCUT2D eigenvalue weighted by Crippen LogP contribution is -2.48. The van der Waals surface area contributed by atoms with Gasteiger partial charge in [0, 0.05) is 39.3 Å². The molecule has 0 spiro atoms. The Kier molecular flexibility index (Phi) is 7.26. The van der Waals surface area contributed by atoms with Crippen molar-refractivity contribution in [1.82, 2.24) is 15.1 Å². The number of nitrogens with zero attached hydrogens (tertiary/aromatic N) is 2. The normalized spacial score (nSPS) is 20.9. The van der Waals surface area contributed by atoms with Gasteiger partial charge in [-0.25, -0.2) is 4.79 Å². The van der Waals surface area contributed by atoms with E-state index in [-0.39, 0.29) is 11.7 Å². The van der Waals surface area contributed by atoms with Crippen molar-refractivity contribution in [1.29, 1.82) is 0 Å². The molecule has 2 aliphatic heterocycles. The predicted molar refractivity (Wildman–Crippen MR) is 79.0 cm³/mol. The zero-order chi connectivity index (χ0) is 15.0. The van der Waals surface area contributed by atoms with Gasteiger partial charge in [0.05, 0.1) is 13.2 Å². The van der Waals surface area contributed by atoms with Crippen molar-refractivity contribution in [2.24, 2.45) is 0 Å². The molecule has 0 atom stereocenters. The summed E-state index contributed by atoms with van der Waals surface area (Å²) in [6.45, 7) is 12.9. The number of hydrogen-bond donors (Lipinski definition) is 1. The topological polar surface area (TPSA) is 54.0 Å². The lowest BCUT2D eigenvalue weighted by molar-refractivity contribution is 0.0229. The van der Waals surface area contributed by atoms with Gasteiger partial charge in [-0.05, 0) is 27.8 Å². The Bertz CT molecular complexity index is 280. The molecule has 6 heteroatoms. The summed E-state index contributed by atoms with van der Waals surface area (Å²) >= 11 is 0. The second-order valence-electron chi connectivity index (χ2n) is 6.13. The fourth-order valence-electron chi connectivity index (χ4n) is 1.83. The van der Waals surface area contributed by atoms with Crippen LogP contribution in [-0.4, -0.2) is 81.0 Å². The summed E-state index contributed by atoms with van der Waals surface area (Å²) in [4.78, 5) is 15.5. The highest BCUT2D eigenvalue weighted by molar-refractivity contribution is 5.68. The highest BCUT2D eigenvalue weighted by Gasteiger charge is 2.22. The number of hydrogen-bond acceptors (Lipinski definition) is 5. The minimum absolute atomic E-state index is 0.200. The summed E-state index contributed by atoms with van der Waals surface area (Å²) in [6.07, 6.45) is -0.200. The van der Waals surface area contributed by atoms with Crippen molar-refractivity contribution in [3.8, 4) is 0 Å². The predicted octanol–water partition coefficient (Wildman–Crippen LogP) is 0.775. The summed E-state index contributed by atoms with van der Waals surface area (Å²) < 4.78 is 10.3. The maximum atomic E-state index is 11.5. The number of amides is 1. The Balaban J connectivity index is 0.000000240. The van der Waals surface area contributed by atoms with Crippen LogP contribution in [0.15, 0.2) is 0 Å². The molecule has 2 rings (SSSR count). The van der Waals surface area contributed by atoms with Crippen LogP contribution in [0, 0.1) is 0 Å². The molecular formula is C14H29N3O3. The van der Waals surface area contributed by atoms with Gasteiger partial charge in [-0.15, -0.1) is 0 Å². The van der Waals surface area contributed by atoms with Crippen molar-refractivity contribution in [3.05, 3.63) is 0 Å². The average molecular weight is 287 g/mol. The number of morpholine rings is 1. The zero-order valence-electron chi connectivity index (χ0n) is 13.3. The summed E-state index contributed by atoms with van der Waals surface area (Å²) in [7, 11) is 2.11. The number of rotatable bonds is 0. The summed E-state index contributed by atoms with van der Waals surface area (Å²) in [5.74, 6) is 0. The van der Waals surface area contributed by atoms with Gasteiger partial charge >= 0.3 is 6.09 Å². The van der Waals surface area contributed by atoms with E-state index in [1.165, 1.54) is 0 Å². The van der Waals surface area contributed by atoms with E-state index in [2.05, 4.69) is 17.3 Å². The molecular weight excluding hydrogens is 258 g/mol. The molecule has 0 radical (unpaired) electrons. The number of likely N-dealkylation sites (N-methyl/N-ethyl adjacent to an activating group) is 1. The summed E-state index contributed by atoms with van der Waals surface area (Å²) in [5.41, 5.74) is -0.387. The molecule has 0 bridgehead atoms. The van der Waals surface area contributed by atoms with Gasteiger partial charge in [-0.2, -0.15) is 0 Å². The molecule has 118 valence electrons. The lowest BCUT2D eigenvalue weighted by atomic mass is 10.2. The van der Waals surface area contributed by atoms with Crippen LogP contribution in [0.1, 0.15) is 20.8 Å². The first kappa shape index (κ1) is 17.2. The highest BCUT2D eigenvalue weighted by atomic mass is 16.6. The van der Waals surface area contributed by atoms with Crippen LogP contribution in [0.3, 0.4) is 0 Å². The molecule has 0 aromatic heterocycles. The number of nitrogens with one attached hydrogen (secondary N) is 1. The van der Waals surface area contributed by atoms with Gasteiger partial charge < -0.3 is 24.6 Å². The fourth-order valence-corrected chi connectivity index (χ4v) is 1.83. The van der Waals surface area contributed by atoms with E-state index in [1.54, 1.807) is 4.90 Å². The first-order chi connectivity index (χ1) is 9.38. The van der Waals surface area contributed by atoms with Gasteiger partial charge in [0.15, 0.2) is 0 Å². The number of piperazine rings is 1. The van der Waals surface area contributed by atoms with E-state index in [9.17, 15) is 4.79 Å². The standard InChI is InChI=1S/C9H18N2O2.C5H11NO/c1-9(2,3)13-8(12)11-6-4-10-5-7-11;1-6-2-4-7-5-3-6/h10H,4-7H2,1-3H3;2-5H2,1H3. The number of carbonyl (C=O) groups is 1. The molecule has 0 saturated carbocycles. The Morgan fingerprint density at radius 2 is 1.65 bits per heavy atom. The fraction of sp³-hybridized carbons (Fsp3) is 0.929. The van der Waals surface area contributed by atoms with Gasteiger partial charge in [0.1, 0.15) is 5.60 Å². The molecule has 0 aromatic carbocycles. The zero-order valence-corrected chi connectivity index (χ0v) is 13.3. The molecule has 0 aliphatic carbocycles. The molecule has 2 aliphatic rings. The third kappa shape index (κ3) is 7.67. The Morgan fingerprint density at radius 3 is 2.05 bits per heavy atom. The number of carbonyl (C=O) groups excluding carboxylic acids is 1. The van der Waals surface area contributed by atoms with E-state index in [1.807, 2.05) is 20.8 Å². The molecule has 1 N–H and O–H groups in total. The van der Waals surface area contributed by atoms with Crippen molar-refractivity contribution in [3.63, 3.8) is 0 Å². The van der Waals surface area contributed by atoms with Crippen molar-refractivity contribution in [2.75, 3.05) is 59.5 Å². The monoisotopic (exact) mass is 287 g/mol. The van der Waals surface area contributed by atoms with Gasteiger partial charge in [-0.3, -0.25) is 0 Å². The van der Waals surface area contributed by atoms with Gasteiger partial charge in [0.2, 0.25) is 0 Å². The van der Waals surface area contributed by atoms with E-state index in [0.717, 1.165) is 52.5 Å². The lowest BCUT2D eigenvalue weighted by Gasteiger charge is -2.30. The van der Waals surface area contributed by atoms with Crippen LogP contribution in [0.25, 0.3) is 0 Å². The van der Waals surface area contributed by atoms with E-state index in [4.69, 9.17) is 9.47 Å². The quantitative estimate of drug-likeness (QED) is 0.713. The van der Waals surface area contributed by atoms with Crippen molar-refractivity contribution >= 4 is 6.09 Å². The van der Waals surface area contributed by atoms with Crippen LogP contribution in [0.4, 0.5) is 4.79 Å². The Labute approximate surface area is 122 Å². The molecule has 2 heterocycles. The Hall–Kier alpha value is -0.850. The van der Waals surface area contributed by atoms with Crippen molar-refractivity contribution < 1.29 is 14.3 Å². The summed E-state index contributed by atoms with van der Waals surface area (Å²) in [5, 5.41) is 3.18. The van der Waals surface area contributed by atoms with Crippen LogP contribution < -0.4 is 5.32 Å². The van der Waals surface area contributed by atoms with Crippen LogP contribution in [0.5, 0.6) is 0 Å². The smallest absolute Gasteiger partial charge is 0.410 e. The minimum Gasteiger partial charge on any atom is -0.444 e. The van der Waals surface area contributed by atoms with E-state index in [0.29, 0.717) is 0 Å².